The number of phenols is 1. The summed E-state index contributed by atoms with van der Waals surface area (Å²) in [5.41, 5.74) is 6.66. The Kier molecular flexibility index (Phi) is 4.78. The van der Waals surface area contributed by atoms with Gasteiger partial charge in [0.25, 0.3) is 0 Å². The van der Waals surface area contributed by atoms with Gasteiger partial charge >= 0.3 is 6.09 Å². The van der Waals surface area contributed by atoms with Crippen molar-refractivity contribution in [2.45, 2.75) is 19.9 Å². The van der Waals surface area contributed by atoms with Gasteiger partial charge in [0.2, 0.25) is 0 Å². The highest BCUT2D eigenvalue weighted by atomic mass is 16.5. The van der Waals surface area contributed by atoms with E-state index in [1.165, 1.54) is 0 Å². The van der Waals surface area contributed by atoms with Gasteiger partial charge < -0.3 is 20.9 Å². The molecule has 94 valence electrons. The monoisotopic (exact) mass is 238 g/mol. The van der Waals surface area contributed by atoms with Crippen molar-refractivity contribution < 1.29 is 14.6 Å². The van der Waals surface area contributed by atoms with Gasteiger partial charge in [0, 0.05) is 18.2 Å². The summed E-state index contributed by atoms with van der Waals surface area (Å²) in [7, 11) is 0. The maximum absolute atomic E-state index is 10.3. The predicted octanol–water partition coefficient (Wildman–Crippen LogP) is 1.45. The van der Waals surface area contributed by atoms with Gasteiger partial charge in [0.15, 0.2) is 0 Å². The summed E-state index contributed by atoms with van der Waals surface area (Å²) in [5.74, 6) is 0.265. The molecule has 1 aromatic carbocycles. The van der Waals surface area contributed by atoms with Gasteiger partial charge in [-0.1, -0.05) is 12.1 Å². The topological polar surface area (TPSA) is 84.6 Å². The summed E-state index contributed by atoms with van der Waals surface area (Å²) < 4.78 is 4.59. The van der Waals surface area contributed by atoms with Crippen LogP contribution in [0.3, 0.4) is 0 Å². The summed E-state index contributed by atoms with van der Waals surface area (Å²) in [4.78, 5) is 10.3. The van der Waals surface area contributed by atoms with Gasteiger partial charge in [-0.2, -0.15) is 0 Å². The number of nitrogens with one attached hydrogen (secondary N) is 1. The van der Waals surface area contributed by atoms with Crippen molar-refractivity contribution in [1.29, 1.82) is 0 Å². The van der Waals surface area contributed by atoms with E-state index in [2.05, 4.69) is 10.1 Å². The van der Waals surface area contributed by atoms with Crippen LogP contribution in [0.5, 0.6) is 5.75 Å². The molecule has 0 aliphatic carbocycles. The van der Waals surface area contributed by atoms with Crippen LogP contribution in [-0.4, -0.2) is 24.4 Å². The molecular formula is C12H18N2O3. The third-order valence-corrected chi connectivity index (χ3v) is 2.45. The average molecular weight is 238 g/mol. The highest BCUT2D eigenvalue weighted by molar-refractivity contribution is 5.64. The first-order valence-electron chi connectivity index (χ1n) is 5.46. The highest BCUT2D eigenvalue weighted by Gasteiger charge is 2.09. The zero-order chi connectivity index (χ0) is 12.8. The van der Waals surface area contributed by atoms with Crippen molar-refractivity contribution >= 4 is 6.09 Å². The minimum Gasteiger partial charge on any atom is -0.508 e. The van der Waals surface area contributed by atoms with Crippen molar-refractivity contribution in [2.75, 3.05) is 13.2 Å². The molecule has 1 amide bonds. The molecule has 1 unspecified atom stereocenters. The number of nitrogens with two attached hydrogens (primary N) is 1. The lowest BCUT2D eigenvalue weighted by atomic mass is 10.1. The Bertz CT molecular complexity index is 393. The molecule has 1 aromatic rings. The maximum atomic E-state index is 10.3. The Morgan fingerprint density at radius 1 is 1.59 bits per heavy atom. The molecule has 0 fully saturated rings. The lowest BCUT2D eigenvalue weighted by Crippen LogP contribution is -2.26. The van der Waals surface area contributed by atoms with Crippen LogP contribution in [0, 0.1) is 6.92 Å². The van der Waals surface area contributed by atoms with Gasteiger partial charge in [-0.3, -0.25) is 0 Å². The zero-order valence-corrected chi connectivity index (χ0v) is 10.1. The third kappa shape index (κ3) is 4.32. The van der Waals surface area contributed by atoms with Crippen LogP contribution in [0.4, 0.5) is 4.79 Å². The average Bonchev–Trinajstić information content (AvgIpc) is 2.23. The molecule has 1 rings (SSSR count). The second-order valence-corrected chi connectivity index (χ2v) is 3.91. The molecule has 0 saturated carbocycles. The summed E-state index contributed by atoms with van der Waals surface area (Å²) in [6.07, 6.45) is -0.780. The molecular weight excluding hydrogens is 220 g/mol. The van der Waals surface area contributed by atoms with Gasteiger partial charge in [0.05, 0.1) is 0 Å². The molecule has 0 aliphatic rings. The van der Waals surface area contributed by atoms with E-state index in [1.807, 2.05) is 26.0 Å². The summed E-state index contributed by atoms with van der Waals surface area (Å²) in [5, 5.41) is 12.9. The quantitative estimate of drug-likeness (QED) is 0.678. The molecule has 0 saturated heterocycles. The normalized spacial score (nSPS) is 12.1. The molecule has 0 bridgehead atoms. The largest absolute Gasteiger partial charge is 0.508 e. The Morgan fingerprint density at radius 2 is 2.29 bits per heavy atom. The molecule has 0 aliphatic heterocycles. The van der Waals surface area contributed by atoms with Crippen molar-refractivity contribution in [3.63, 3.8) is 0 Å². The number of amides is 1. The van der Waals surface area contributed by atoms with E-state index in [9.17, 15) is 9.90 Å². The Morgan fingerprint density at radius 3 is 2.88 bits per heavy atom. The van der Waals surface area contributed by atoms with E-state index in [4.69, 9.17) is 5.73 Å². The van der Waals surface area contributed by atoms with Crippen LogP contribution in [0.15, 0.2) is 18.2 Å². The molecule has 0 heterocycles. The van der Waals surface area contributed by atoms with Crippen molar-refractivity contribution in [3.05, 3.63) is 29.3 Å². The first-order chi connectivity index (χ1) is 8.00. The second kappa shape index (κ2) is 6.10. The van der Waals surface area contributed by atoms with Crippen LogP contribution in [-0.2, 0) is 4.74 Å². The SMILES string of the molecule is Cc1ccc(C(C)NCCOC(N)=O)c(O)c1. The Balaban J connectivity index is 2.46. The van der Waals surface area contributed by atoms with Crippen LogP contribution >= 0.6 is 0 Å². The van der Waals surface area contributed by atoms with Crippen molar-refractivity contribution in [3.8, 4) is 5.75 Å². The number of carbonyl (C=O) groups is 1. The van der Waals surface area contributed by atoms with E-state index < -0.39 is 6.09 Å². The fourth-order valence-electron chi connectivity index (χ4n) is 1.56. The van der Waals surface area contributed by atoms with Gasteiger partial charge in [-0.15, -0.1) is 0 Å². The molecule has 4 N–H and O–H groups in total. The number of hydrogen-bond donors (Lipinski definition) is 3. The fraction of sp³-hybridized carbons (Fsp3) is 0.417. The number of ether oxygens (including phenoxy) is 1. The smallest absolute Gasteiger partial charge is 0.404 e. The van der Waals surface area contributed by atoms with E-state index in [1.54, 1.807) is 6.07 Å². The van der Waals surface area contributed by atoms with Gasteiger partial charge in [-0.05, 0) is 25.5 Å². The van der Waals surface area contributed by atoms with Crippen LogP contribution < -0.4 is 11.1 Å². The molecule has 17 heavy (non-hydrogen) atoms. The first-order valence-corrected chi connectivity index (χ1v) is 5.46. The number of phenolic OH excluding ortho intramolecular Hbond substituents is 1. The number of aryl methyl sites for hydroxylation is 1. The van der Waals surface area contributed by atoms with Gasteiger partial charge in [0.1, 0.15) is 12.4 Å². The number of aromatic hydroxyl groups is 1. The fourth-order valence-corrected chi connectivity index (χ4v) is 1.56. The summed E-state index contributed by atoms with van der Waals surface area (Å²) in [6.45, 7) is 4.54. The minimum atomic E-state index is -0.780. The van der Waals surface area contributed by atoms with E-state index in [0.29, 0.717) is 6.54 Å². The number of hydrogen-bond acceptors (Lipinski definition) is 4. The van der Waals surface area contributed by atoms with Crippen molar-refractivity contribution in [1.82, 2.24) is 5.32 Å². The molecule has 1 atom stereocenters. The van der Waals surface area contributed by atoms with E-state index in [-0.39, 0.29) is 18.4 Å². The molecule has 0 radical (unpaired) electrons. The van der Waals surface area contributed by atoms with Gasteiger partial charge in [-0.25, -0.2) is 4.79 Å². The van der Waals surface area contributed by atoms with Crippen LogP contribution in [0.1, 0.15) is 24.1 Å². The number of rotatable bonds is 5. The Labute approximate surface area is 101 Å². The highest BCUT2D eigenvalue weighted by Crippen LogP contribution is 2.24. The molecule has 5 nitrogen and oxygen atoms in total. The lowest BCUT2D eigenvalue weighted by molar-refractivity contribution is 0.156. The standard InChI is InChI=1S/C12H18N2O3/c1-8-3-4-10(11(15)7-8)9(2)14-5-6-17-12(13)16/h3-4,7,9,14-15H,5-6H2,1-2H3,(H2,13,16). The first kappa shape index (κ1) is 13.3. The summed E-state index contributed by atoms with van der Waals surface area (Å²) >= 11 is 0. The minimum absolute atomic E-state index is 0.0212. The van der Waals surface area contributed by atoms with E-state index in [0.717, 1.165) is 11.1 Å². The predicted molar refractivity (Wildman–Crippen MR) is 64.8 cm³/mol. The van der Waals surface area contributed by atoms with Crippen LogP contribution in [0.25, 0.3) is 0 Å². The maximum Gasteiger partial charge on any atom is 0.404 e. The van der Waals surface area contributed by atoms with Crippen molar-refractivity contribution in [2.24, 2.45) is 5.73 Å². The third-order valence-electron chi connectivity index (χ3n) is 2.45. The second-order valence-electron chi connectivity index (χ2n) is 3.91. The number of carbonyl (C=O) groups excluding carboxylic acids is 1. The molecule has 0 aromatic heterocycles. The molecule has 0 spiro atoms. The zero-order valence-electron chi connectivity index (χ0n) is 10.1. The summed E-state index contributed by atoms with van der Waals surface area (Å²) in [6, 6.07) is 5.50. The van der Waals surface area contributed by atoms with Crippen LogP contribution in [0.2, 0.25) is 0 Å². The Hall–Kier alpha value is -1.75. The number of benzene rings is 1. The van der Waals surface area contributed by atoms with E-state index >= 15 is 0 Å². The number of primary amides is 1. The lowest BCUT2D eigenvalue weighted by Gasteiger charge is -2.15. The molecule has 5 heteroatoms.